The number of aromatic hydroxyl groups is 1. The van der Waals surface area contributed by atoms with Crippen molar-refractivity contribution in [3.05, 3.63) is 53.6 Å². The normalized spacial score (nSPS) is 12.0. The molecular formula is C15H15F2NO2. The molecule has 0 saturated heterocycles. The van der Waals surface area contributed by atoms with Crippen LogP contribution < -0.4 is 10.1 Å². The number of benzene rings is 2. The van der Waals surface area contributed by atoms with E-state index in [4.69, 9.17) is 4.74 Å². The summed E-state index contributed by atoms with van der Waals surface area (Å²) in [5.41, 5.74) is 0.868. The molecule has 2 rings (SSSR count). The molecular weight excluding hydrogens is 264 g/mol. The van der Waals surface area contributed by atoms with Gasteiger partial charge in [-0.3, -0.25) is 0 Å². The Bertz CT molecular complexity index is 617. The van der Waals surface area contributed by atoms with E-state index in [9.17, 15) is 13.9 Å². The van der Waals surface area contributed by atoms with Gasteiger partial charge in [0.25, 0.3) is 0 Å². The molecule has 0 saturated carbocycles. The van der Waals surface area contributed by atoms with Gasteiger partial charge in [0, 0.05) is 6.04 Å². The zero-order chi connectivity index (χ0) is 14.7. The SMILES string of the molecule is COc1cc(C(C)Nc2cccc(F)c2F)ccc1O. The van der Waals surface area contributed by atoms with Crippen LogP contribution in [-0.4, -0.2) is 12.2 Å². The zero-order valence-corrected chi connectivity index (χ0v) is 11.2. The summed E-state index contributed by atoms with van der Waals surface area (Å²) in [7, 11) is 1.45. The van der Waals surface area contributed by atoms with E-state index in [1.54, 1.807) is 19.1 Å². The van der Waals surface area contributed by atoms with Crippen LogP contribution in [0.2, 0.25) is 0 Å². The van der Waals surface area contributed by atoms with E-state index in [0.29, 0.717) is 5.75 Å². The lowest BCUT2D eigenvalue weighted by atomic mass is 10.1. The topological polar surface area (TPSA) is 41.5 Å². The smallest absolute Gasteiger partial charge is 0.181 e. The fourth-order valence-corrected chi connectivity index (χ4v) is 1.90. The summed E-state index contributed by atoms with van der Waals surface area (Å²) in [6.45, 7) is 1.80. The Labute approximate surface area is 115 Å². The van der Waals surface area contributed by atoms with Crippen molar-refractivity contribution in [2.24, 2.45) is 0 Å². The first kappa shape index (κ1) is 14.1. The van der Waals surface area contributed by atoms with Gasteiger partial charge in [-0.05, 0) is 36.8 Å². The molecule has 3 nitrogen and oxygen atoms in total. The lowest BCUT2D eigenvalue weighted by molar-refractivity contribution is 0.373. The Morgan fingerprint density at radius 1 is 1.20 bits per heavy atom. The minimum atomic E-state index is -0.912. The fourth-order valence-electron chi connectivity index (χ4n) is 1.90. The summed E-state index contributed by atoms with van der Waals surface area (Å²) >= 11 is 0. The van der Waals surface area contributed by atoms with Gasteiger partial charge < -0.3 is 15.2 Å². The molecule has 0 heterocycles. The van der Waals surface area contributed by atoms with E-state index in [1.807, 2.05) is 0 Å². The molecule has 0 spiro atoms. The molecule has 0 fully saturated rings. The fraction of sp³-hybridized carbons (Fsp3) is 0.200. The van der Waals surface area contributed by atoms with Crippen molar-refractivity contribution in [3.8, 4) is 11.5 Å². The van der Waals surface area contributed by atoms with E-state index in [2.05, 4.69) is 5.32 Å². The standard InChI is InChI=1S/C15H15F2NO2/c1-9(10-6-7-13(19)14(8-10)20-2)18-12-5-3-4-11(16)15(12)17/h3-9,18-19H,1-2H3. The van der Waals surface area contributed by atoms with Crippen molar-refractivity contribution in [2.45, 2.75) is 13.0 Å². The number of anilines is 1. The first-order chi connectivity index (χ1) is 9.52. The highest BCUT2D eigenvalue weighted by Crippen LogP contribution is 2.30. The lowest BCUT2D eigenvalue weighted by Crippen LogP contribution is -2.08. The number of methoxy groups -OCH3 is 1. The number of phenols is 1. The summed E-state index contributed by atoms with van der Waals surface area (Å²) in [5.74, 6) is -1.45. The van der Waals surface area contributed by atoms with Crippen LogP contribution in [0.3, 0.4) is 0 Å². The molecule has 0 radical (unpaired) electrons. The molecule has 0 aromatic heterocycles. The monoisotopic (exact) mass is 279 g/mol. The van der Waals surface area contributed by atoms with E-state index in [-0.39, 0.29) is 17.5 Å². The first-order valence-corrected chi connectivity index (χ1v) is 6.10. The van der Waals surface area contributed by atoms with Crippen molar-refractivity contribution in [1.29, 1.82) is 0 Å². The van der Waals surface area contributed by atoms with Crippen LogP contribution in [0.15, 0.2) is 36.4 Å². The van der Waals surface area contributed by atoms with Gasteiger partial charge in [-0.1, -0.05) is 12.1 Å². The maximum Gasteiger partial charge on any atom is 0.181 e. The van der Waals surface area contributed by atoms with Gasteiger partial charge in [0.2, 0.25) is 0 Å². The first-order valence-electron chi connectivity index (χ1n) is 6.10. The van der Waals surface area contributed by atoms with Crippen LogP contribution >= 0.6 is 0 Å². The molecule has 106 valence electrons. The van der Waals surface area contributed by atoms with Gasteiger partial charge >= 0.3 is 0 Å². The van der Waals surface area contributed by atoms with Crippen LogP contribution in [-0.2, 0) is 0 Å². The van der Waals surface area contributed by atoms with Gasteiger partial charge in [0.15, 0.2) is 23.1 Å². The minimum Gasteiger partial charge on any atom is -0.504 e. The molecule has 2 N–H and O–H groups in total. The molecule has 5 heteroatoms. The van der Waals surface area contributed by atoms with Crippen LogP contribution in [0.25, 0.3) is 0 Å². The summed E-state index contributed by atoms with van der Waals surface area (Å²) in [6.07, 6.45) is 0. The second kappa shape index (κ2) is 5.77. The number of hydrogen-bond acceptors (Lipinski definition) is 3. The minimum absolute atomic E-state index is 0.0281. The second-order valence-electron chi connectivity index (χ2n) is 4.40. The average molecular weight is 279 g/mol. The van der Waals surface area contributed by atoms with Gasteiger partial charge in [-0.15, -0.1) is 0 Å². The van der Waals surface area contributed by atoms with Crippen molar-refractivity contribution < 1.29 is 18.6 Å². The third kappa shape index (κ3) is 2.82. The summed E-state index contributed by atoms with van der Waals surface area (Å²) in [5, 5.41) is 12.4. The third-order valence-electron chi connectivity index (χ3n) is 3.03. The molecule has 0 aliphatic rings. The molecule has 0 aliphatic carbocycles. The number of phenolic OH excluding ortho intramolecular Hbond substituents is 1. The van der Waals surface area contributed by atoms with Crippen molar-refractivity contribution in [1.82, 2.24) is 0 Å². The molecule has 0 bridgehead atoms. The van der Waals surface area contributed by atoms with Crippen LogP contribution in [0, 0.1) is 11.6 Å². The number of nitrogens with one attached hydrogen (secondary N) is 1. The zero-order valence-electron chi connectivity index (χ0n) is 11.2. The number of halogens is 2. The van der Waals surface area contributed by atoms with Crippen molar-refractivity contribution in [2.75, 3.05) is 12.4 Å². The highest BCUT2D eigenvalue weighted by molar-refractivity contribution is 5.49. The van der Waals surface area contributed by atoms with Gasteiger partial charge in [-0.25, -0.2) is 8.78 Å². The van der Waals surface area contributed by atoms with Crippen molar-refractivity contribution >= 4 is 5.69 Å². The lowest BCUT2D eigenvalue weighted by Gasteiger charge is -2.17. The quantitative estimate of drug-likeness (QED) is 0.893. The Morgan fingerprint density at radius 2 is 1.95 bits per heavy atom. The number of ether oxygens (including phenoxy) is 1. The van der Waals surface area contributed by atoms with Gasteiger partial charge in [0.1, 0.15) is 0 Å². The predicted molar refractivity (Wildman–Crippen MR) is 73.1 cm³/mol. The van der Waals surface area contributed by atoms with E-state index in [0.717, 1.165) is 11.6 Å². The third-order valence-corrected chi connectivity index (χ3v) is 3.03. The van der Waals surface area contributed by atoms with Crippen LogP contribution in [0.4, 0.5) is 14.5 Å². The Balaban J connectivity index is 2.24. The molecule has 2 aromatic carbocycles. The second-order valence-corrected chi connectivity index (χ2v) is 4.40. The Morgan fingerprint density at radius 3 is 2.65 bits per heavy atom. The maximum atomic E-state index is 13.6. The highest BCUT2D eigenvalue weighted by Gasteiger charge is 2.13. The highest BCUT2D eigenvalue weighted by atomic mass is 19.2. The molecule has 1 unspecified atom stereocenters. The summed E-state index contributed by atoms with van der Waals surface area (Å²) < 4.78 is 31.7. The number of rotatable bonds is 4. The van der Waals surface area contributed by atoms with E-state index in [1.165, 1.54) is 25.3 Å². The van der Waals surface area contributed by atoms with Crippen molar-refractivity contribution in [3.63, 3.8) is 0 Å². The maximum absolute atomic E-state index is 13.6. The molecule has 0 amide bonds. The summed E-state index contributed by atoms with van der Waals surface area (Å²) in [6, 6.07) is 8.51. The predicted octanol–water partition coefficient (Wildman–Crippen LogP) is 3.85. The Hall–Kier alpha value is -2.30. The van der Waals surface area contributed by atoms with Crippen LogP contribution in [0.5, 0.6) is 11.5 Å². The largest absolute Gasteiger partial charge is 0.504 e. The summed E-state index contributed by atoms with van der Waals surface area (Å²) in [4.78, 5) is 0. The van der Waals surface area contributed by atoms with Gasteiger partial charge in [0.05, 0.1) is 12.8 Å². The molecule has 2 aromatic rings. The van der Waals surface area contributed by atoms with Gasteiger partial charge in [-0.2, -0.15) is 0 Å². The molecule has 1 atom stereocenters. The van der Waals surface area contributed by atoms with E-state index < -0.39 is 11.6 Å². The Kier molecular flexibility index (Phi) is 4.08. The van der Waals surface area contributed by atoms with Crippen LogP contribution in [0.1, 0.15) is 18.5 Å². The average Bonchev–Trinajstić information content (AvgIpc) is 2.44. The van der Waals surface area contributed by atoms with E-state index >= 15 is 0 Å². The molecule has 0 aliphatic heterocycles. The number of hydrogen-bond donors (Lipinski definition) is 2. The molecule has 20 heavy (non-hydrogen) atoms.